The smallest absolute Gasteiger partial charge is 0.110 e. The van der Waals surface area contributed by atoms with E-state index in [1.807, 2.05) is 6.26 Å². The normalized spacial score (nSPS) is 24.4. The summed E-state index contributed by atoms with van der Waals surface area (Å²) in [5.41, 5.74) is 0.324. The van der Waals surface area contributed by atoms with Gasteiger partial charge in [0.25, 0.3) is 0 Å². The standard InChI is InChI=1S/C12H23NO/c1-10(12(2,3)4)13-9-11-7-5-6-8-14-11/h6,8,10-11,13H,5,7,9H2,1-4H3. The quantitative estimate of drug-likeness (QED) is 0.751. The van der Waals surface area contributed by atoms with Crippen LogP contribution in [0.2, 0.25) is 0 Å². The molecule has 1 aliphatic rings. The summed E-state index contributed by atoms with van der Waals surface area (Å²) in [5.74, 6) is 0. The van der Waals surface area contributed by atoms with Gasteiger partial charge in [-0.25, -0.2) is 0 Å². The first-order valence-electron chi connectivity index (χ1n) is 5.54. The van der Waals surface area contributed by atoms with Crippen LogP contribution in [0.3, 0.4) is 0 Å². The van der Waals surface area contributed by atoms with Crippen LogP contribution in [0.5, 0.6) is 0 Å². The molecule has 14 heavy (non-hydrogen) atoms. The molecule has 2 unspecified atom stereocenters. The molecule has 82 valence electrons. The number of ether oxygens (including phenoxy) is 1. The van der Waals surface area contributed by atoms with Crippen molar-refractivity contribution < 1.29 is 4.74 Å². The van der Waals surface area contributed by atoms with Crippen LogP contribution in [0.4, 0.5) is 0 Å². The first kappa shape index (κ1) is 11.6. The van der Waals surface area contributed by atoms with E-state index in [2.05, 4.69) is 39.1 Å². The molecule has 2 heteroatoms. The van der Waals surface area contributed by atoms with Crippen molar-refractivity contribution in [2.75, 3.05) is 6.54 Å². The third-order valence-corrected chi connectivity index (χ3v) is 2.97. The monoisotopic (exact) mass is 197 g/mol. The van der Waals surface area contributed by atoms with Crippen LogP contribution in [0, 0.1) is 5.41 Å². The van der Waals surface area contributed by atoms with Gasteiger partial charge in [0.15, 0.2) is 0 Å². The number of rotatable bonds is 3. The van der Waals surface area contributed by atoms with Gasteiger partial charge in [-0.3, -0.25) is 0 Å². The van der Waals surface area contributed by atoms with Gasteiger partial charge in [-0.2, -0.15) is 0 Å². The highest BCUT2D eigenvalue weighted by molar-refractivity contribution is 4.84. The van der Waals surface area contributed by atoms with Gasteiger partial charge in [-0.05, 0) is 31.3 Å². The molecule has 1 aliphatic heterocycles. The van der Waals surface area contributed by atoms with Gasteiger partial charge >= 0.3 is 0 Å². The third-order valence-electron chi connectivity index (χ3n) is 2.97. The summed E-state index contributed by atoms with van der Waals surface area (Å²) in [6.45, 7) is 9.96. The zero-order valence-electron chi connectivity index (χ0n) is 9.84. The molecule has 0 amide bonds. The first-order valence-corrected chi connectivity index (χ1v) is 5.54. The molecule has 0 aromatic carbocycles. The van der Waals surface area contributed by atoms with Gasteiger partial charge in [0.2, 0.25) is 0 Å². The van der Waals surface area contributed by atoms with Crippen LogP contribution >= 0.6 is 0 Å². The van der Waals surface area contributed by atoms with Gasteiger partial charge < -0.3 is 10.1 Å². The Balaban J connectivity index is 2.23. The molecule has 0 saturated heterocycles. The molecule has 0 aromatic rings. The lowest BCUT2D eigenvalue weighted by atomic mass is 9.88. The minimum atomic E-state index is 0.324. The van der Waals surface area contributed by atoms with Crippen molar-refractivity contribution in [1.82, 2.24) is 5.32 Å². The van der Waals surface area contributed by atoms with Crippen molar-refractivity contribution in [2.24, 2.45) is 5.41 Å². The SMILES string of the molecule is CC(NCC1CCC=CO1)C(C)(C)C. The van der Waals surface area contributed by atoms with E-state index in [0.29, 0.717) is 17.6 Å². The van der Waals surface area contributed by atoms with E-state index in [1.54, 1.807) is 0 Å². The lowest BCUT2D eigenvalue weighted by Gasteiger charge is -2.30. The highest BCUT2D eigenvalue weighted by atomic mass is 16.5. The highest BCUT2D eigenvalue weighted by Crippen LogP contribution is 2.19. The number of hydrogen-bond acceptors (Lipinski definition) is 2. The van der Waals surface area contributed by atoms with Crippen LogP contribution in [-0.4, -0.2) is 18.7 Å². The van der Waals surface area contributed by atoms with Crippen LogP contribution in [0.15, 0.2) is 12.3 Å². The average molecular weight is 197 g/mol. The Bertz CT molecular complexity index is 193. The van der Waals surface area contributed by atoms with Gasteiger partial charge in [-0.15, -0.1) is 0 Å². The lowest BCUT2D eigenvalue weighted by Crippen LogP contribution is -2.42. The molecule has 1 heterocycles. The van der Waals surface area contributed by atoms with Crippen LogP contribution < -0.4 is 5.32 Å². The van der Waals surface area contributed by atoms with Crippen molar-refractivity contribution in [3.8, 4) is 0 Å². The summed E-state index contributed by atoms with van der Waals surface area (Å²) >= 11 is 0. The number of hydrogen-bond donors (Lipinski definition) is 1. The molecule has 2 nitrogen and oxygen atoms in total. The van der Waals surface area contributed by atoms with E-state index in [1.165, 1.54) is 0 Å². The van der Waals surface area contributed by atoms with E-state index < -0.39 is 0 Å². The van der Waals surface area contributed by atoms with Crippen molar-refractivity contribution in [2.45, 2.75) is 52.7 Å². The maximum atomic E-state index is 5.50. The van der Waals surface area contributed by atoms with Crippen molar-refractivity contribution in [3.05, 3.63) is 12.3 Å². The molecular weight excluding hydrogens is 174 g/mol. The Morgan fingerprint density at radius 2 is 2.21 bits per heavy atom. The van der Waals surface area contributed by atoms with E-state index in [4.69, 9.17) is 4.74 Å². The second kappa shape index (κ2) is 4.83. The zero-order valence-corrected chi connectivity index (χ0v) is 9.84. The predicted molar refractivity (Wildman–Crippen MR) is 60.2 cm³/mol. The lowest BCUT2D eigenvalue weighted by molar-refractivity contribution is 0.113. The molecule has 2 atom stereocenters. The van der Waals surface area contributed by atoms with Crippen LogP contribution in [-0.2, 0) is 4.74 Å². The molecule has 0 aromatic heterocycles. The molecular formula is C12H23NO. The van der Waals surface area contributed by atoms with Crippen LogP contribution in [0.25, 0.3) is 0 Å². The maximum absolute atomic E-state index is 5.50. The molecule has 1 rings (SSSR count). The van der Waals surface area contributed by atoms with Gasteiger partial charge in [0.05, 0.1) is 6.26 Å². The molecule has 0 radical (unpaired) electrons. The van der Waals surface area contributed by atoms with E-state index >= 15 is 0 Å². The minimum absolute atomic E-state index is 0.324. The Morgan fingerprint density at radius 3 is 2.71 bits per heavy atom. The average Bonchev–Trinajstić information content (AvgIpc) is 2.14. The Hall–Kier alpha value is -0.500. The summed E-state index contributed by atoms with van der Waals surface area (Å²) in [6, 6.07) is 0.525. The molecule has 1 N–H and O–H groups in total. The molecule has 0 bridgehead atoms. The number of allylic oxidation sites excluding steroid dienone is 1. The second-order valence-corrected chi connectivity index (χ2v) is 5.20. The molecule has 0 spiro atoms. The molecule has 0 fully saturated rings. The molecule has 0 saturated carbocycles. The third kappa shape index (κ3) is 3.70. The fourth-order valence-electron chi connectivity index (χ4n) is 1.35. The number of nitrogens with one attached hydrogen (secondary N) is 1. The fourth-order valence-corrected chi connectivity index (χ4v) is 1.35. The summed E-state index contributed by atoms with van der Waals surface area (Å²) < 4.78 is 5.50. The molecule has 0 aliphatic carbocycles. The summed E-state index contributed by atoms with van der Waals surface area (Å²) in [6.07, 6.45) is 6.57. The van der Waals surface area contributed by atoms with E-state index in [9.17, 15) is 0 Å². The van der Waals surface area contributed by atoms with Gasteiger partial charge in [-0.1, -0.05) is 20.8 Å². The van der Waals surface area contributed by atoms with E-state index in [-0.39, 0.29) is 0 Å². The topological polar surface area (TPSA) is 21.3 Å². The summed E-state index contributed by atoms with van der Waals surface area (Å²) in [4.78, 5) is 0. The first-order chi connectivity index (χ1) is 6.50. The predicted octanol–water partition coefficient (Wildman–Crippen LogP) is 2.70. The van der Waals surface area contributed by atoms with Crippen molar-refractivity contribution in [3.63, 3.8) is 0 Å². The Morgan fingerprint density at radius 1 is 1.50 bits per heavy atom. The second-order valence-electron chi connectivity index (χ2n) is 5.20. The summed E-state index contributed by atoms with van der Waals surface area (Å²) in [5, 5.41) is 3.53. The van der Waals surface area contributed by atoms with Crippen LogP contribution in [0.1, 0.15) is 40.5 Å². The largest absolute Gasteiger partial charge is 0.497 e. The van der Waals surface area contributed by atoms with Crippen molar-refractivity contribution in [1.29, 1.82) is 0 Å². The fraction of sp³-hybridized carbons (Fsp3) is 0.833. The van der Waals surface area contributed by atoms with E-state index in [0.717, 1.165) is 19.4 Å². The Kier molecular flexibility index (Phi) is 3.99. The zero-order chi connectivity index (χ0) is 10.6. The van der Waals surface area contributed by atoms with Gasteiger partial charge in [0.1, 0.15) is 6.10 Å². The van der Waals surface area contributed by atoms with Crippen molar-refractivity contribution >= 4 is 0 Å². The highest BCUT2D eigenvalue weighted by Gasteiger charge is 2.21. The maximum Gasteiger partial charge on any atom is 0.110 e. The van der Waals surface area contributed by atoms with Gasteiger partial charge in [0, 0.05) is 12.6 Å². The Labute approximate surface area is 87.7 Å². The minimum Gasteiger partial charge on any atom is -0.497 e. The summed E-state index contributed by atoms with van der Waals surface area (Å²) in [7, 11) is 0.